The lowest BCUT2D eigenvalue weighted by molar-refractivity contribution is -0.363. The van der Waals surface area contributed by atoms with Gasteiger partial charge < -0.3 is 28.4 Å². The normalized spacial score (nSPS) is 29.9. The highest BCUT2D eigenvalue weighted by Crippen LogP contribution is 2.36. The lowest BCUT2D eigenvalue weighted by atomic mass is 9.95. The van der Waals surface area contributed by atoms with Crippen molar-refractivity contribution in [3.8, 4) is 0 Å². The van der Waals surface area contributed by atoms with Crippen molar-refractivity contribution < 1.29 is 28.4 Å². The maximum atomic E-state index is 6.55. The zero-order valence-corrected chi connectivity index (χ0v) is 21.0. The Balaban J connectivity index is 3.44. The minimum atomic E-state index is -0.610. The van der Waals surface area contributed by atoms with Crippen molar-refractivity contribution in [2.45, 2.75) is 136 Å². The molecule has 1 aliphatic heterocycles. The minimum Gasteiger partial charge on any atom is -0.382 e. The van der Waals surface area contributed by atoms with Crippen LogP contribution in [0.1, 0.15) is 83.1 Å². The van der Waals surface area contributed by atoms with Gasteiger partial charge in [-0.25, -0.2) is 0 Å². The van der Waals surface area contributed by atoms with Gasteiger partial charge in [-0.1, -0.05) is 0 Å². The van der Waals surface area contributed by atoms with E-state index in [1.54, 1.807) is 7.11 Å². The average Bonchev–Trinajstić information content (AvgIpc) is 2.41. The molecule has 29 heavy (non-hydrogen) atoms. The first-order valence-electron chi connectivity index (χ1n) is 10.7. The summed E-state index contributed by atoms with van der Waals surface area (Å²) in [4.78, 5) is 0. The van der Waals surface area contributed by atoms with Crippen molar-refractivity contribution in [1.82, 2.24) is 0 Å². The Labute approximate surface area is 178 Å². The van der Waals surface area contributed by atoms with E-state index in [2.05, 4.69) is 0 Å². The molecular weight excluding hydrogens is 372 g/mol. The van der Waals surface area contributed by atoms with Gasteiger partial charge in [0.05, 0.1) is 29.0 Å². The molecule has 0 saturated carbocycles. The second-order valence-corrected chi connectivity index (χ2v) is 11.8. The summed E-state index contributed by atoms with van der Waals surface area (Å²) in [6.45, 7) is 24.7. The van der Waals surface area contributed by atoms with Crippen LogP contribution in [0.4, 0.5) is 0 Å². The molecule has 0 aromatic heterocycles. The maximum absolute atomic E-state index is 6.55. The topological polar surface area (TPSA) is 55.4 Å². The van der Waals surface area contributed by atoms with Gasteiger partial charge >= 0.3 is 0 Å². The summed E-state index contributed by atoms with van der Waals surface area (Å²) >= 11 is 0. The Morgan fingerprint density at radius 2 is 0.931 bits per heavy atom. The highest BCUT2D eigenvalue weighted by Gasteiger charge is 2.52. The number of hydrogen-bond donors (Lipinski definition) is 0. The van der Waals surface area contributed by atoms with Crippen LogP contribution in [0, 0.1) is 0 Å². The Morgan fingerprint density at radius 1 is 0.552 bits per heavy atom. The number of hydrogen-bond acceptors (Lipinski definition) is 6. The lowest BCUT2D eigenvalue weighted by Gasteiger charge is -2.51. The molecule has 6 nitrogen and oxygen atoms in total. The summed E-state index contributed by atoms with van der Waals surface area (Å²) in [6.07, 6.45) is -2.19. The Morgan fingerprint density at radius 3 is 1.31 bits per heavy atom. The van der Waals surface area contributed by atoms with Crippen molar-refractivity contribution in [2.24, 2.45) is 0 Å². The Bertz CT molecular complexity index is 491. The van der Waals surface area contributed by atoms with E-state index in [9.17, 15) is 0 Å². The van der Waals surface area contributed by atoms with Crippen LogP contribution in [-0.4, -0.2) is 66.8 Å². The molecule has 1 saturated heterocycles. The first-order chi connectivity index (χ1) is 12.8. The van der Waals surface area contributed by atoms with E-state index in [1.165, 1.54) is 0 Å². The fraction of sp³-hybridized carbons (Fsp3) is 1.00. The quantitative estimate of drug-likeness (QED) is 0.622. The van der Waals surface area contributed by atoms with Crippen LogP contribution in [0.15, 0.2) is 0 Å². The van der Waals surface area contributed by atoms with Gasteiger partial charge in [0.1, 0.15) is 24.4 Å². The lowest BCUT2D eigenvalue weighted by Crippen LogP contribution is -2.65. The third kappa shape index (κ3) is 10.1. The molecule has 0 aliphatic carbocycles. The predicted molar refractivity (Wildman–Crippen MR) is 115 cm³/mol. The SMILES string of the molecule is COCC1O[C@@H](OC(C)(C)C)C(OC(C)(C)C)[C@@H](OC(C)(C)C)[C@@H]1OC(C)(C)C. The second-order valence-electron chi connectivity index (χ2n) is 11.8. The molecule has 0 bridgehead atoms. The van der Waals surface area contributed by atoms with E-state index in [0.29, 0.717) is 6.61 Å². The number of ether oxygens (including phenoxy) is 6. The fourth-order valence-electron chi connectivity index (χ4n) is 3.25. The number of methoxy groups -OCH3 is 1. The first kappa shape index (κ1) is 26.8. The second kappa shape index (κ2) is 9.49. The summed E-state index contributed by atoms with van der Waals surface area (Å²) in [5, 5.41) is 0. The molecule has 0 aromatic rings. The molecule has 0 aromatic carbocycles. The van der Waals surface area contributed by atoms with Gasteiger partial charge in [-0.15, -0.1) is 0 Å². The van der Waals surface area contributed by atoms with E-state index in [4.69, 9.17) is 28.4 Å². The van der Waals surface area contributed by atoms with Crippen LogP contribution < -0.4 is 0 Å². The largest absolute Gasteiger partial charge is 0.382 e. The highest BCUT2D eigenvalue weighted by molar-refractivity contribution is 4.96. The van der Waals surface area contributed by atoms with Crippen LogP contribution in [0.3, 0.4) is 0 Å². The third-order valence-electron chi connectivity index (χ3n) is 3.86. The molecule has 6 heteroatoms. The maximum Gasteiger partial charge on any atom is 0.187 e. The zero-order valence-electron chi connectivity index (χ0n) is 21.0. The third-order valence-corrected chi connectivity index (χ3v) is 3.86. The monoisotopic (exact) mass is 418 g/mol. The molecular formula is C23H46O6. The van der Waals surface area contributed by atoms with E-state index in [1.807, 2.05) is 83.1 Å². The predicted octanol–water partition coefficient (Wildman–Crippen LogP) is 4.72. The summed E-state index contributed by atoms with van der Waals surface area (Å²) in [5.41, 5.74) is -1.60. The Hall–Kier alpha value is -0.240. The molecule has 0 N–H and O–H groups in total. The molecule has 0 radical (unpaired) electrons. The van der Waals surface area contributed by atoms with Gasteiger partial charge in [0.25, 0.3) is 0 Å². The zero-order chi connectivity index (χ0) is 22.8. The molecule has 1 fully saturated rings. The average molecular weight is 419 g/mol. The van der Waals surface area contributed by atoms with E-state index < -0.39 is 35.3 Å². The van der Waals surface area contributed by atoms with Gasteiger partial charge in [0.15, 0.2) is 6.29 Å². The van der Waals surface area contributed by atoms with Crippen LogP contribution in [0.5, 0.6) is 0 Å². The first-order valence-corrected chi connectivity index (χ1v) is 10.7. The molecule has 1 heterocycles. The van der Waals surface area contributed by atoms with Crippen molar-refractivity contribution in [1.29, 1.82) is 0 Å². The van der Waals surface area contributed by atoms with E-state index >= 15 is 0 Å². The van der Waals surface area contributed by atoms with Gasteiger partial charge in [-0.2, -0.15) is 0 Å². The van der Waals surface area contributed by atoms with Crippen LogP contribution in [0.25, 0.3) is 0 Å². The molecule has 0 amide bonds. The van der Waals surface area contributed by atoms with Crippen LogP contribution >= 0.6 is 0 Å². The van der Waals surface area contributed by atoms with Gasteiger partial charge in [-0.3, -0.25) is 0 Å². The van der Waals surface area contributed by atoms with Crippen molar-refractivity contribution in [3.63, 3.8) is 0 Å². The Kier molecular flexibility index (Phi) is 8.77. The molecule has 2 unspecified atom stereocenters. The standard InChI is InChI=1S/C23H46O6/c1-20(2,3)26-16-15(14-24-13)25-19(29-23(10,11)12)18(28-22(7,8)9)17(16)27-21(4,5)6/h15-19H,14H2,1-13H3/t15?,16-,17+,18?,19+/m1/s1. The van der Waals surface area contributed by atoms with Gasteiger partial charge in [0.2, 0.25) is 0 Å². The summed E-state index contributed by atoms with van der Waals surface area (Å²) in [6, 6.07) is 0. The van der Waals surface area contributed by atoms with Crippen molar-refractivity contribution >= 4 is 0 Å². The summed E-state index contributed by atoms with van der Waals surface area (Å²) < 4.78 is 37.6. The summed E-state index contributed by atoms with van der Waals surface area (Å²) in [7, 11) is 1.66. The number of rotatable bonds is 6. The molecule has 1 rings (SSSR count). The van der Waals surface area contributed by atoms with Crippen molar-refractivity contribution in [3.05, 3.63) is 0 Å². The minimum absolute atomic E-state index is 0.348. The van der Waals surface area contributed by atoms with Crippen LogP contribution in [0.2, 0.25) is 0 Å². The summed E-state index contributed by atoms with van der Waals surface area (Å²) in [5.74, 6) is 0. The van der Waals surface area contributed by atoms with Gasteiger partial charge in [-0.05, 0) is 83.1 Å². The molecule has 5 atom stereocenters. The molecule has 1 aliphatic rings. The van der Waals surface area contributed by atoms with Crippen LogP contribution in [-0.2, 0) is 28.4 Å². The molecule has 174 valence electrons. The fourth-order valence-corrected chi connectivity index (χ4v) is 3.25. The van der Waals surface area contributed by atoms with Gasteiger partial charge in [0, 0.05) is 7.11 Å². The smallest absolute Gasteiger partial charge is 0.187 e. The molecule has 0 spiro atoms. The van der Waals surface area contributed by atoms with Crippen molar-refractivity contribution in [2.75, 3.05) is 13.7 Å². The highest BCUT2D eigenvalue weighted by atomic mass is 16.7. The van der Waals surface area contributed by atoms with E-state index in [0.717, 1.165) is 0 Å². The van der Waals surface area contributed by atoms with E-state index in [-0.39, 0.29) is 17.8 Å².